The third kappa shape index (κ3) is 13.4. The van der Waals surface area contributed by atoms with Gasteiger partial charge in [0.1, 0.15) is 23.7 Å². The minimum absolute atomic E-state index is 0.00109. The van der Waals surface area contributed by atoms with Crippen molar-refractivity contribution in [2.45, 2.75) is 183 Å². The molecule has 4 aromatic carbocycles. The first-order valence-corrected chi connectivity index (χ1v) is 31.5. The molecule has 2 aliphatic heterocycles. The summed E-state index contributed by atoms with van der Waals surface area (Å²) in [6, 6.07) is 18.8. The largest absolute Gasteiger partial charge is 0.494 e. The number of fused-ring (bicyclic) bond motifs is 2. The number of primary amides is 1. The Balaban J connectivity index is 0.715. The molecule has 10 rings (SSSR count). The molecule has 9 N–H and O–H groups in total. The smallest absolute Gasteiger partial charge is 0.249 e. The number of likely N-dealkylation sites (N-methyl/N-ethyl adjacent to an activating group) is 1. The highest BCUT2D eigenvalue weighted by molar-refractivity contribution is 6.34. The van der Waals surface area contributed by atoms with Crippen LogP contribution in [-0.2, 0) is 36.0 Å². The summed E-state index contributed by atoms with van der Waals surface area (Å²) >= 11 is 6.72. The summed E-state index contributed by atoms with van der Waals surface area (Å²) in [5, 5.41) is 22.6. The SMILES string of the molecule is CN[C@@H](C)C(=O)N[C@H](C(=O)N1C[C@@H](NCC(=O)NC2CCC(NC(=O)C3CCC(NC[C@]4(c5ccccc5)Oc5cc(F)c(Cl)c(-c6c(C(N)=O)ccc(OC)c6F)c5[C@@H]4C)CC3)CC2)C[C@H]1C(=O)N[C@@H]1CCCc2ccccc21)C1CCCCC1. The highest BCUT2D eigenvalue weighted by atomic mass is 35.5. The van der Waals surface area contributed by atoms with E-state index in [1.165, 1.54) is 30.9 Å². The number of carbonyl (C=O) groups is 6. The van der Waals surface area contributed by atoms with Crippen molar-refractivity contribution < 1.29 is 47.0 Å². The summed E-state index contributed by atoms with van der Waals surface area (Å²) in [4.78, 5) is 84.5. The number of ether oxygens (including phenoxy) is 2. The molecule has 0 unspecified atom stereocenters. The second kappa shape index (κ2) is 27.6. The number of carbonyl (C=O) groups excluding carboxylic acids is 6. The van der Waals surface area contributed by atoms with Gasteiger partial charge in [0.15, 0.2) is 17.2 Å². The van der Waals surface area contributed by atoms with Gasteiger partial charge in [-0.2, -0.15) is 0 Å². The Hall–Kier alpha value is -6.67. The Kier molecular flexibility index (Phi) is 20.0. The lowest BCUT2D eigenvalue weighted by Gasteiger charge is -2.37. The molecule has 86 heavy (non-hydrogen) atoms. The van der Waals surface area contributed by atoms with Gasteiger partial charge in [0.05, 0.1) is 36.3 Å². The average Bonchev–Trinajstić information content (AvgIpc) is 1.57. The highest BCUT2D eigenvalue weighted by Gasteiger charge is 2.51. The van der Waals surface area contributed by atoms with Crippen LogP contribution in [0.1, 0.15) is 161 Å². The molecular formula is C66H84ClF2N9O8. The molecule has 7 atom stereocenters. The summed E-state index contributed by atoms with van der Waals surface area (Å²) in [6.07, 6.45) is 13.2. The molecular weight excluding hydrogens is 1120 g/mol. The van der Waals surface area contributed by atoms with Gasteiger partial charge in [-0.15, -0.1) is 0 Å². The normalized spacial score (nSPS) is 26.2. The molecule has 462 valence electrons. The fourth-order valence-electron chi connectivity index (χ4n) is 14.5. The summed E-state index contributed by atoms with van der Waals surface area (Å²) in [5.41, 5.74) is 7.70. The van der Waals surface area contributed by atoms with E-state index in [0.29, 0.717) is 63.4 Å². The van der Waals surface area contributed by atoms with Crippen LogP contribution in [0.3, 0.4) is 0 Å². The van der Waals surface area contributed by atoms with Crippen LogP contribution in [0.25, 0.3) is 11.1 Å². The number of aryl methyl sites for hydroxylation is 1. The second-order valence-corrected chi connectivity index (χ2v) is 25.2. The number of benzene rings is 4. The lowest BCUT2D eigenvalue weighted by atomic mass is 9.77. The predicted octanol–water partition coefficient (Wildman–Crippen LogP) is 7.90. The second-order valence-electron chi connectivity index (χ2n) is 24.8. The van der Waals surface area contributed by atoms with Crippen LogP contribution in [0.15, 0.2) is 72.8 Å². The lowest BCUT2D eigenvalue weighted by Crippen LogP contribution is -2.58. The van der Waals surface area contributed by atoms with Crippen molar-refractivity contribution in [3.05, 3.63) is 117 Å². The van der Waals surface area contributed by atoms with E-state index in [4.69, 9.17) is 26.8 Å². The number of likely N-dealkylation sites (tertiary alicyclic amines) is 1. The van der Waals surface area contributed by atoms with Gasteiger partial charge in [-0.05, 0) is 139 Å². The minimum Gasteiger partial charge on any atom is -0.494 e. The van der Waals surface area contributed by atoms with Gasteiger partial charge in [0.25, 0.3) is 0 Å². The van der Waals surface area contributed by atoms with Crippen molar-refractivity contribution in [3.63, 3.8) is 0 Å². The first-order chi connectivity index (χ1) is 41.5. The van der Waals surface area contributed by atoms with E-state index in [2.05, 4.69) is 49.4 Å². The quantitative estimate of drug-likeness (QED) is 0.0424. The third-order valence-corrected chi connectivity index (χ3v) is 19.9. The van der Waals surface area contributed by atoms with E-state index in [-0.39, 0.29) is 124 Å². The molecule has 0 spiro atoms. The lowest BCUT2D eigenvalue weighted by molar-refractivity contribution is -0.143. The van der Waals surface area contributed by atoms with Crippen LogP contribution in [0, 0.1) is 23.5 Å². The number of nitrogens with one attached hydrogen (secondary N) is 7. The Labute approximate surface area is 508 Å². The zero-order valence-corrected chi connectivity index (χ0v) is 50.6. The summed E-state index contributed by atoms with van der Waals surface area (Å²) in [7, 11) is 3.00. The monoisotopic (exact) mass is 1200 g/mol. The third-order valence-electron chi connectivity index (χ3n) is 19.6. The summed E-state index contributed by atoms with van der Waals surface area (Å²) in [6.45, 7) is 4.17. The molecule has 4 fully saturated rings. The minimum atomic E-state index is -1.11. The van der Waals surface area contributed by atoms with Gasteiger partial charge < -0.3 is 57.3 Å². The van der Waals surface area contributed by atoms with Crippen LogP contribution >= 0.6 is 11.6 Å². The van der Waals surface area contributed by atoms with Crippen LogP contribution in [0.2, 0.25) is 5.02 Å². The molecule has 17 nitrogen and oxygen atoms in total. The number of amides is 6. The topological polar surface area (TPSA) is 234 Å². The van der Waals surface area contributed by atoms with Crippen molar-refractivity contribution in [3.8, 4) is 22.6 Å². The molecule has 0 bridgehead atoms. The van der Waals surface area contributed by atoms with Gasteiger partial charge in [-0.25, -0.2) is 8.78 Å². The molecule has 4 aromatic rings. The van der Waals surface area contributed by atoms with Gasteiger partial charge in [0, 0.05) is 71.8 Å². The molecule has 4 aliphatic carbocycles. The molecule has 20 heteroatoms. The van der Waals surface area contributed by atoms with Crippen molar-refractivity contribution in [1.29, 1.82) is 0 Å². The maximum Gasteiger partial charge on any atom is 0.249 e. The van der Waals surface area contributed by atoms with Crippen molar-refractivity contribution in [2.24, 2.45) is 17.6 Å². The first kappa shape index (κ1) is 62.4. The number of nitrogens with zero attached hydrogens (tertiary/aromatic N) is 1. The zero-order valence-electron chi connectivity index (χ0n) is 49.8. The standard InChI is InChI=1S/C66H84ClF2N9O8/c1-37-55-53(33-49(68)58(67)57(55)56-48(61(70)80)30-31-52(85-4)59(56)69)86-66(37,42-18-9-6-10-19-42)36-73-43-24-22-41(23-25-43)63(82)75-45-28-26-44(27-29-45)74-54(79)34-72-46-32-51(64(83)76-50-21-13-17-39-14-11-12-20-47(39)50)78(35-46)65(84)60(40-15-7-5-8-16-40)77-62(81)38(2)71-3/h6,9-12,14,18-20,30-31,33,37-38,40-41,43-46,50-51,60,71-73H,5,7-8,13,15-17,21-29,32,34-36H2,1-4H3,(H2,70,80)(H,74,79)(H,75,82)(H,76,83)(H,77,81)/t37-,38-,41?,43?,44?,45?,46-,50+,51-,60-,66-/m0/s1. The number of rotatable bonds is 20. The average molecular weight is 1200 g/mol. The fraction of sp³-hybridized carbons (Fsp3) is 0.545. The Bertz CT molecular complexity index is 3130. The zero-order chi connectivity index (χ0) is 60.8. The maximum atomic E-state index is 16.3. The van der Waals surface area contributed by atoms with Gasteiger partial charge in [0.2, 0.25) is 35.4 Å². The Morgan fingerprint density at radius 2 is 1.47 bits per heavy atom. The Morgan fingerprint density at radius 3 is 2.16 bits per heavy atom. The van der Waals surface area contributed by atoms with Crippen LogP contribution in [-0.4, -0.2) is 116 Å². The van der Waals surface area contributed by atoms with Gasteiger partial charge in [-0.3, -0.25) is 28.8 Å². The Morgan fingerprint density at radius 1 is 0.779 bits per heavy atom. The van der Waals surface area contributed by atoms with E-state index < -0.39 is 47.2 Å². The van der Waals surface area contributed by atoms with Crippen LogP contribution in [0.5, 0.6) is 11.5 Å². The van der Waals surface area contributed by atoms with Gasteiger partial charge >= 0.3 is 0 Å². The summed E-state index contributed by atoms with van der Waals surface area (Å²) in [5.74, 6) is -4.38. The molecule has 1 saturated heterocycles. The van der Waals surface area contributed by atoms with Crippen molar-refractivity contribution in [2.75, 3.05) is 33.8 Å². The van der Waals surface area contributed by atoms with Crippen LogP contribution in [0.4, 0.5) is 8.78 Å². The number of nitrogens with two attached hydrogens (primary N) is 1. The van der Waals surface area contributed by atoms with E-state index in [1.54, 1.807) is 18.9 Å². The van der Waals surface area contributed by atoms with E-state index in [9.17, 15) is 28.8 Å². The molecule has 0 aromatic heterocycles. The highest BCUT2D eigenvalue weighted by Crippen LogP contribution is 2.56. The van der Waals surface area contributed by atoms with Crippen LogP contribution < -0.4 is 52.4 Å². The number of halogens is 3. The fourth-order valence-corrected chi connectivity index (χ4v) is 14.8. The molecule has 2 heterocycles. The molecule has 3 saturated carbocycles. The van der Waals surface area contributed by atoms with Gasteiger partial charge in [-0.1, -0.05) is 92.4 Å². The molecule has 6 aliphatic rings. The number of methoxy groups -OCH3 is 1. The number of hydrogen-bond acceptors (Lipinski definition) is 11. The van der Waals surface area contributed by atoms with E-state index in [0.717, 1.165) is 62.5 Å². The summed E-state index contributed by atoms with van der Waals surface area (Å²) < 4.78 is 44.2. The molecule has 0 radical (unpaired) electrons. The van der Waals surface area contributed by atoms with E-state index >= 15 is 8.78 Å². The first-order valence-electron chi connectivity index (χ1n) is 31.1. The molecule has 6 amide bonds. The maximum absolute atomic E-state index is 16.3. The van der Waals surface area contributed by atoms with Crippen molar-refractivity contribution >= 4 is 47.0 Å². The van der Waals surface area contributed by atoms with Crippen molar-refractivity contribution in [1.82, 2.24) is 42.1 Å². The van der Waals surface area contributed by atoms with E-state index in [1.807, 2.05) is 49.4 Å². The predicted molar refractivity (Wildman–Crippen MR) is 324 cm³/mol. The number of hydrogen-bond donors (Lipinski definition) is 8.